The highest BCUT2D eigenvalue weighted by molar-refractivity contribution is 14.1. The highest BCUT2D eigenvalue weighted by Crippen LogP contribution is 2.25. The minimum atomic E-state index is -0.336. The molecule has 0 aromatic heterocycles. The molecule has 0 radical (unpaired) electrons. The minimum absolute atomic E-state index is 0.254. The van der Waals surface area contributed by atoms with Crippen LogP contribution in [0.15, 0.2) is 42.5 Å². The van der Waals surface area contributed by atoms with E-state index in [1.165, 1.54) is 6.07 Å². The van der Waals surface area contributed by atoms with Gasteiger partial charge in [-0.25, -0.2) is 4.39 Å². The molecule has 0 spiro atoms. The van der Waals surface area contributed by atoms with Gasteiger partial charge in [-0.3, -0.25) is 0 Å². The van der Waals surface area contributed by atoms with E-state index in [4.69, 9.17) is 4.74 Å². The van der Waals surface area contributed by atoms with Gasteiger partial charge in [-0.1, -0.05) is 19.9 Å². The summed E-state index contributed by atoms with van der Waals surface area (Å²) < 4.78 is 20.7. The van der Waals surface area contributed by atoms with Crippen molar-refractivity contribution >= 4 is 22.6 Å². The maximum Gasteiger partial charge on any atom is 0.166 e. The smallest absolute Gasteiger partial charge is 0.166 e. The van der Waals surface area contributed by atoms with Crippen molar-refractivity contribution in [1.82, 2.24) is 5.32 Å². The Balaban J connectivity index is 2.00. The van der Waals surface area contributed by atoms with Gasteiger partial charge in [0.2, 0.25) is 0 Å². The Morgan fingerprint density at radius 2 is 1.86 bits per heavy atom. The summed E-state index contributed by atoms with van der Waals surface area (Å²) >= 11 is 2.22. The maximum atomic E-state index is 14.0. The topological polar surface area (TPSA) is 21.3 Å². The Bertz CT molecular complexity index is 584. The van der Waals surface area contributed by atoms with Crippen molar-refractivity contribution in [2.45, 2.75) is 20.4 Å². The first-order chi connectivity index (χ1) is 10.0. The van der Waals surface area contributed by atoms with Crippen LogP contribution in [-0.2, 0) is 6.54 Å². The molecule has 1 N–H and O–H groups in total. The third-order valence-electron chi connectivity index (χ3n) is 2.92. The first-order valence-electron chi connectivity index (χ1n) is 6.97. The average Bonchev–Trinajstić information content (AvgIpc) is 2.44. The fourth-order valence-corrected chi connectivity index (χ4v) is 2.23. The molecule has 0 aliphatic rings. The van der Waals surface area contributed by atoms with E-state index in [-0.39, 0.29) is 11.6 Å². The molecule has 0 atom stereocenters. The molecular weight excluding hydrogens is 380 g/mol. The van der Waals surface area contributed by atoms with E-state index in [2.05, 4.69) is 41.8 Å². The Labute approximate surface area is 138 Å². The molecule has 0 heterocycles. The van der Waals surface area contributed by atoms with Crippen LogP contribution in [0.5, 0.6) is 11.5 Å². The van der Waals surface area contributed by atoms with Crippen LogP contribution in [-0.4, -0.2) is 6.54 Å². The van der Waals surface area contributed by atoms with E-state index in [1.807, 2.05) is 30.3 Å². The predicted octanol–water partition coefficient (Wildman–Crippen LogP) is 4.97. The molecule has 112 valence electrons. The molecule has 2 aromatic carbocycles. The fourth-order valence-electron chi connectivity index (χ4n) is 1.87. The van der Waals surface area contributed by atoms with Crippen LogP contribution >= 0.6 is 22.6 Å². The van der Waals surface area contributed by atoms with Crippen LogP contribution in [0.25, 0.3) is 0 Å². The summed E-state index contributed by atoms with van der Waals surface area (Å²) in [5.74, 6) is 1.14. The summed E-state index contributed by atoms with van der Waals surface area (Å²) in [5.41, 5.74) is 0.920. The molecule has 2 nitrogen and oxygen atoms in total. The molecule has 4 heteroatoms. The van der Waals surface area contributed by atoms with Crippen molar-refractivity contribution in [2.24, 2.45) is 5.92 Å². The van der Waals surface area contributed by atoms with Gasteiger partial charge in [0.1, 0.15) is 5.75 Å². The molecule has 21 heavy (non-hydrogen) atoms. The molecule has 0 saturated heterocycles. The van der Waals surface area contributed by atoms with Crippen LogP contribution in [0.2, 0.25) is 0 Å². The van der Waals surface area contributed by atoms with E-state index in [1.54, 1.807) is 6.07 Å². The van der Waals surface area contributed by atoms with Gasteiger partial charge in [0, 0.05) is 10.1 Å². The lowest BCUT2D eigenvalue weighted by Gasteiger charge is -2.10. The number of hydrogen-bond donors (Lipinski definition) is 1. The van der Waals surface area contributed by atoms with Gasteiger partial charge >= 0.3 is 0 Å². The number of benzene rings is 2. The monoisotopic (exact) mass is 399 g/mol. The number of ether oxygens (including phenoxy) is 1. The van der Waals surface area contributed by atoms with Crippen LogP contribution in [0.4, 0.5) is 4.39 Å². The van der Waals surface area contributed by atoms with Gasteiger partial charge in [-0.15, -0.1) is 0 Å². The second-order valence-electron chi connectivity index (χ2n) is 5.35. The van der Waals surface area contributed by atoms with Crippen molar-refractivity contribution in [2.75, 3.05) is 6.54 Å². The minimum Gasteiger partial charge on any atom is -0.454 e. The number of rotatable bonds is 6. The quantitative estimate of drug-likeness (QED) is 0.693. The van der Waals surface area contributed by atoms with Crippen LogP contribution in [0.3, 0.4) is 0 Å². The molecule has 0 saturated carbocycles. The van der Waals surface area contributed by atoms with Crippen molar-refractivity contribution < 1.29 is 9.13 Å². The molecule has 2 aromatic rings. The average molecular weight is 399 g/mol. The molecule has 0 bridgehead atoms. The number of nitrogens with one attached hydrogen (secondary N) is 1. The zero-order valence-electron chi connectivity index (χ0n) is 12.2. The second-order valence-corrected chi connectivity index (χ2v) is 6.59. The lowest BCUT2D eigenvalue weighted by atomic mass is 10.2. The molecule has 0 unspecified atom stereocenters. The number of halogens is 2. The first-order valence-corrected chi connectivity index (χ1v) is 8.05. The summed E-state index contributed by atoms with van der Waals surface area (Å²) in [5, 5.41) is 3.30. The highest BCUT2D eigenvalue weighted by atomic mass is 127. The van der Waals surface area contributed by atoms with Crippen LogP contribution in [0, 0.1) is 15.3 Å². The number of hydrogen-bond acceptors (Lipinski definition) is 2. The zero-order chi connectivity index (χ0) is 15.2. The predicted molar refractivity (Wildman–Crippen MR) is 92.2 cm³/mol. The largest absolute Gasteiger partial charge is 0.454 e. The van der Waals surface area contributed by atoms with Crippen molar-refractivity contribution in [3.63, 3.8) is 0 Å². The molecule has 0 aliphatic heterocycles. The summed E-state index contributed by atoms with van der Waals surface area (Å²) in [7, 11) is 0. The van der Waals surface area contributed by atoms with E-state index in [9.17, 15) is 4.39 Å². The van der Waals surface area contributed by atoms with E-state index in [0.717, 1.165) is 15.7 Å². The summed E-state index contributed by atoms with van der Waals surface area (Å²) in [6, 6.07) is 12.6. The second kappa shape index (κ2) is 7.75. The van der Waals surface area contributed by atoms with Gasteiger partial charge < -0.3 is 10.1 Å². The Hall–Kier alpha value is -1.14. The SMILES string of the molecule is CC(C)CNCc1ccc(Oc2ccc(I)cc2)c(F)c1. The third-order valence-corrected chi connectivity index (χ3v) is 3.64. The standard InChI is InChI=1S/C17H19FINO/c1-12(2)10-20-11-13-3-8-17(16(18)9-13)21-15-6-4-14(19)5-7-15/h3-9,12,20H,10-11H2,1-2H3. The van der Waals surface area contributed by atoms with E-state index < -0.39 is 0 Å². The van der Waals surface area contributed by atoms with Gasteiger partial charge in [0.25, 0.3) is 0 Å². The third kappa shape index (κ3) is 5.28. The van der Waals surface area contributed by atoms with Crippen molar-refractivity contribution in [3.05, 3.63) is 57.4 Å². The molecule has 0 aliphatic carbocycles. The lowest BCUT2D eigenvalue weighted by Crippen LogP contribution is -2.18. The molecule has 0 fully saturated rings. The Kier molecular flexibility index (Phi) is 5.99. The van der Waals surface area contributed by atoms with Crippen molar-refractivity contribution in [1.29, 1.82) is 0 Å². The summed E-state index contributed by atoms with van der Waals surface area (Å²) in [6.45, 7) is 5.87. The summed E-state index contributed by atoms with van der Waals surface area (Å²) in [6.07, 6.45) is 0. The normalized spacial score (nSPS) is 10.9. The van der Waals surface area contributed by atoms with Crippen LogP contribution in [0.1, 0.15) is 19.4 Å². The maximum absolute atomic E-state index is 14.0. The van der Waals surface area contributed by atoms with Gasteiger partial charge in [-0.05, 0) is 77.0 Å². The van der Waals surface area contributed by atoms with Gasteiger partial charge in [0.05, 0.1) is 0 Å². The Morgan fingerprint density at radius 1 is 1.14 bits per heavy atom. The van der Waals surface area contributed by atoms with Crippen LogP contribution < -0.4 is 10.1 Å². The molecule has 2 rings (SSSR count). The van der Waals surface area contributed by atoms with E-state index >= 15 is 0 Å². The fraction of sp³-hybridized carbons (Fsp3) is 0.294. The van der Waals surface area contributed by atoms with Crippen molar-refractivity contribution in [3.8, 4) is 11.5 Å². The van der Waals surface area contributed by atoms with Gasteiger partial charge in [-0.2, -0.15) is 0 Å². The van der Waals surface area contributed by atoms with Gasteiger partial charge in [0.15, 0.2) is 11.6 Å². The first kappa shape index (κ1) is 16.2. The summed E-state index contributed by atoms with van der Waals surface area (Å²) in [4.78, 5) is 0. The zero-order valence-corrected chi connectivity index (χ0v) is 14.4. The molecule has 0 amide bonds. The van der Waals surface area contributed by atoms with E-state index in [0.29, 0.717) is 18.2 Å². The Morgan fingerprint density at radius 3 is 2.48 bits per heavy atom. The molecular formula is C17H19FINO. The highest BCUT2D eigenvalue weighted by Gasteiger charge is 2.06. The lowest BCUT2D eigenvalue weighted by molar-refractivity contribution is 0.441.